The smallest absolute Gasteiger partial charge is 0.399 e. The maximum atomic E-state index is 13.9. The minimum atomic E-state index is -4.43. The van der Waals surface area contributed by atoms with Crippen LogP contribution in [0.4, 0.5) is 17.6 Å². The highest BCUT2D eigenvalue weighted by Crippen LogP contribution is 2.36. The molecule has 0 amide bonds. The minimum Gasteiger partial charge on any atom is -0.399 e. The van der Waals surface area contributed by atoms with Crippen LogP contribution in [0.5, 0.6) is 0 Å². The molecule has 3 nitrogen and oxygen atoms in total. The molecule has 0 radical (unpaired) electrons. The average molecular weight is 348 g/mol. The van der Waals surface area contributed by atoms with E-state index in [1.807, 2.05) is 27.7 Å². The van der Waals surface area contributed by atoms with E-state index in [2.05, 4.69) is 0 Å². The summed E-state index contributed by atoms with van der Waals surface area (Å²) >= 11 is 0. The molecule has 0 spiro atoms. The fourth-order valence-electron chi connectivity index (χ4n) is 2.30. The lowest BCUT2D eigenvalue weighted by Gasteiger charge is -2.32. The Morgan fingerprint density at radius 1 is 1.08 bits per heavy atom. The summed E-state index contributed by atoms with van der Waals surface area (Å²) in [5, 5.41) is 0. The van der Waals surface area contributed by atoms with E-state index in [-0.39, 0.29) is 0 Å². The van der Waals surface area contributed by atoms with Gasteiger partial charge >= 0.3 is 13.3 Å². The summed E-state index contributed by atoms with van der Waals surface area (Å²) < 4.78 is 67.2. The van der Waals surface area contributed by atoms with Crippen molar-refractivity contribution in [2.45, 2.75) is 58.1 Å². The highest BCUT2D eigenvalue weighted by Gasteiger charge is 2.51. The number of ether oxygens (including phenoxy) is 1. The van der Waals surface area contributed by atoms with Gasteiger partial charge in [-0.1, -0.05) is 6.07 Å². The van der Waals surface area contributed by atoms with Gasteiger partial charge in [0.15, 0.2) is 0 Å². The molecule has 1 saturated heterocycles. The number of hydrogen-bond donors (Lipinski definition) is 0. The molecule has 1 aromatic carbocycles. The first-order valence-corrected chi connectivity index (χ1v) is 7.65. The maximum absolute atomic E-state index is 13.9. The van der Waals surface area contributed by atoms with Crippen LogP contribution in [0.2, 0.25) is 0 Å². The van der Waals surface area contributed by atoms with Gasteiger partial charge in [0.25, 0.3) is 0 Å². The second kappa shape index (κ2) is 6.31. The number of alkyl halides is 3. The van der Waals surface area contributed by atoms with Crippen molar-refractivity contribution >= 4 is 12.6 Å². The number of halogens is 4. The largest absolute Gasteiger partial charge is 0.494 e. The van der Waals surface area contributed by atoms with Crippen molar-refractivity contribution in [1.82, 2.24) is 0 Å². The second-order valence-electron chi connectivity index (χ2n) is 6.97. The highest BCUT2D eigenvalue weighted by molar-refractivity contribution is 6.62. The zero-order chi connectivity index (χ0) is 18.3. The molecule has 8 heteroatoms. The van der Waals surface area contributed by atoms with Gasteiger partial charge in [-0.25, -0.2) is 4.39 Å². The Labute approximate surface area is 139 Å². The molecule has 1 aliphatic rings. The van der Waals surface area contributed by atoms with Crippen molar-refractivity contribution < 1.29 is 31.6 Å². The predicted molar refractivity (Wildman–Crippen MR) is 82.5 cm³/mol. The average Bonchev–Trinajstić information content (AvgIpc) is 2.63. The van der Waals surface area contributed by atoms with E-state index in [0.717, 1.165) is 6.07 Å². The van der Waals surface area contributed by atoms with Crippen molar-refractivity contribution in [2.75, 3.05) is 6.61 Å². The summed E-state index contributed by atoms with van der Waals surface area (Å²) in [6.07, 6.45) is -5.35. The van der Waals surface area contributed by atoms with Crippen molar-refractivity contribution in [3.05, 3.63) is 29.6 Å². The van der Waals surface area contributed by atoms with E-state index >= 15 is 0 Å². The Kier molecular flexibility index (Phi) is 5.05. The van der Waals surface area contributed by atoms with E-state index in [1.165, 1.54) is 13.0 Å². The molecule has 2 rings (SSSR count). The first kappa shape index (κ1) is 19.2. The van der Waals surface area contributed by atoms with Crippen molar-refractivity contribution in [3.8, 4) is 0 Å². The summed E-state index contributed by atoms with van der Waals surface area (Å²) in [6.45, 7) is 7.50. The van der Waals surface area contributed by atoms with Crippen molar-refractivity contribution in [3.63, 3.8) is 0 Å². The number of benzene rings is 1. The van der Waals surface area contributed by atoms with Crippen molar-refractivity contribution in [2.24, 2.45) is 0 Å². The van der Waals surface area contributed by atoms with Gasteiger partial charge in [0.05, 0.1) is 17.3 Å². The predicted octanol–water partition coefficient (Wildman–Crippen LogP) is 3.76. The van der Waals surface area contributed by atoms with Gasteiger partial charge in [-0.15, -0.1) is 0 Å². The van der Waals surface area contributed by atoms with Crippen LogP contribution in [0, 0.1) is 5.82 Å². The van der Waals surface area contributed by atoms with E-state index in [4.69, 9.17) is 14.0 Å². The summed E-state index contributed by atoms with van der Waals surface area (Å²) in [5.74, 6) is -0.584. The van der Waals surface area contributed by atoms with E-state index in [0.29, 0.717) is 11.0 Å². The lowest BCUT2D eigenvalue weighted by molar-refractivity contribution is -0.184. The summed E-state index contributed by atoms with van der Waals surface area (Å²) in [5.41, 5.74) is -0.486. The van der Waals surface area contributed by atoms with Gasteiger partial charge in [-0.2, -0.15) is 13.2 Å². The minimum absolute atomic E-state index is 0.295. The van der Waals surface area contributed by atoms with Gasteiger partial charge in [0, 0.05) is 0 Å². The Balaban J connectivity index is 2.21. The molecule has 1 aromatic rings. The summed E-state index contributed by atoms with van der Waals surface area (Å²) in [4.78, 5) is 0. The van der Waals surface area contributed by atoms with E-state index < -0.39 is 43.0 Å². The molecule has 1 fully saturated rings. The van der Waals surface area contributed by atoms with Crippen LogP contribution >= 0.6 is 0 Å². The molecular formula is C16H21BF4O3. The Bertz CT molecular complexity index is 585. The number of rotatable bonds is 4. The zero-order valence-corrected chi connectivity index (χ0v) is 14.3. The normalized spacial score (nSPS) is 21.1. The van der Waals surface area contributed by atoms with Gasteiger partial charge in [-0.3, -0.25) is 0 Å². The Hall–Kier alpha value is -1.12. The molecule has 1 aliphatic heterocycles. The van der Waals surface area contributed by atoms with Gasteiger partial charge in [-0.05, 0) is 57.8 Å². The van der Waals surface area contributed by atoms with E-state index in [9.17, 15) is 17.6 Å². The molecule has 134 valence electrons. The zero-order valence-electron chi connectivity index (χ0n) is 14.3. The maximum Gasteiger partial charge on any atom is 0.494 e. The van der Waals surface area contributed by atoms with Crippen LogP contribution in [-0.2, 0) is 14.0 Å². The SMILES string of the molecule is C[C@@H](OCC(F)(F)F)c1cc(F)cc(B2OC(C)(C)C(C)(C)O2)c1. The molecule has 0 saturated carbocycles. The topological polar surface area (TPSA) is 27.7 Å². The molecule has 1 atom stereocenters. The first-order valence-electron chi connectivity index (χ1n) is 7.65. The summed E-state index contributed by atoms with van der Waals surface area (Å²) in [6, 6.07) is 3.95. The third kappa shape index (κ3) is 4.29. The molecule has 0 bridgehead atoms. The van der Waals surface area contributed by atoms with Crippen LogP contribution in [0.15, 0.2) is 18.2 Å². The van der Waals surface area contributed by atoms with E-state index in [1.54, 1.807) is 6.07 Å². The van der Waals surface area contributed by atoms with Crippen LogP contribution in [0.1, 0.15) is 46.3 Å². The summed E-state index contributed by atoms with van der Waals surface area (Å²) in [7, 11) is -0.792. The lowest BCUT2D eigenvalue weighted by Crippen LogP contribution is -2.41. The first-order chi connectivity index (χ1) is 10.8. The lowest BCUT2D eigenvalue weighted by atomic mass is 9.78. The van der Waals surface area contributed by atoms with Crippen LogP contribution < -0.4 is 5.46 Å². The molecule has 0 aliphatic carbocycles. The third-order valence-electron chi connectivity index (χ3n) is 4.43. The molecule has 0 aromatic heterocycles. The quantitative estimate of drug-likeness (QED) is 0.613. The number of hydrogen-bond acceptors (Lipinski definition) is 3. The molecular weight excluding hydrogens is 327 g/mol. The van der Waals surface area contributed by atoms with Crippen LogP contribution in [0.3, 0.4) is 0 Å². The monoisotopic (exact) mass is 348 g/mol. The van der Waals surface area contributed by atoms with Crippen LogP contribution in [0.25, 0.3) is 0 Å². The molecule has 0 N–H and O–H groups in total. The second-order valence-corrected chi connectivity index (χ2v) is 6.97. The van der Waals surface area contributed by atoms with Gasteiger partial charge < -0.3 is 14.0 Å². The Morgan fingerprint density at radius 3 is 2.12 bits per heavy atom. The third-order valence-corrected chi connectivity index (χ3v) is 4.43. The van der Waals surface area contributed by atoms with Gasteiger partial charge in [0.1, 0.15) is 12.4 Å². The van der Waals surface area contributed by atoms with Crippen molar-refractivity contribution in [1.29, 1.82) is 0 Å². The Morgan fingerprint density at radius 2 is 1.62 bits per heavy atom. The standard InChI is InChI=1S/C16H21BF4O3/c1-10(22-9-16(19,20)21)11-6-12(8-13(18)7-11)17-23-14(2,3)15(4,5)24-17/h6-8,10H,9H2,1-5H3/t10-/m1/s1. The molecule has 1 heterocycles. The molecule has 0 unspecified atom stereocenters. The highest BCUT2D eigenvalue weighted by atomic mass is 19.4. The van der Waals surface area contributed by atoms with Gasteiger partial charge in [0.2, 0.25) is 0 Å². The fraction of sp³-hybridized carbons (Fsp3) is 0.625. The van der Waals surface area contributed by atoms with Crippen LogP contribution in [-0.4, -0.2) is 31.1 Å². The fourth-order valence-corrected chi connectivity index (χ4v) is 2.30. The molecule has 24 heavy (non-hydrogen) atoms.